The molecule has 1 amide bonds. The fraction of sp³-hybridized carbons (Fsp3) is 0.429. The third-order valence-corrected chi connectivity index (χ3v) is 3.83. The smallest absolute Gasteiger partial charge is 0.251 e. The van der Waals surface area contributed by atoms with Gasteiger partial charge in [0.1, 0.15) is 0 Å². The Hall–Kier alpha value is -1.55. The van der Waals surface area contributed by atoms with E-state index < -0.39 is 0 Å². The SMILES string of the molecule is O=C(NC1CCCCC1)c1ccc2nc(Cl)[nH]c2c1. The maximum Gasteiger partial charge on any atom is 0.251 e. The molecule has 2 aromatic rings. The summed E-state index contributed by atoms with van der Waals surface area (Å²) in [5.41, 5.74) is 2.22. The minimum Gasteiger partial charge on any atom is -0.349 e. The fourth-order valence-electron chi connectivity index (χ4n) is 2.64. The third kappa shape index (κ3) is 2.73. The van der Waals surface area contributed by atoms with Gasteiger partial charge in [0.2, 0.25) is 5.28 Å². The number of H-pyrrole nitrogens is 1. The average Bonchev–Trinajstić information content (AvgIpc) is 2.78. The molecule has 2 N–H and O–H groups in total. The standard InChI is InChI=1S/C14H16ClN3O/c15-14-17-11-7-6-9(8-12(11)18-14)13(19)16-10-4-2-1-3-5-10/h6-8,10H,1-5H2,(H,16,19)(H,17,18). The Morgan fingerprint density at radius 2 is 2.11 bits per heavy atom. The van der Waals surface area contributed by atoms with E-state index in [9.17, 15) is 4.79 Å². The predicted octanol–water partition coefficient (Wildman–Crippen LogP) is 3.28. The molecule has 1 heterocycles. The molecule has 1 aliphatic rings. The lowest BCUT2D eigenvalue weighted by atomic mass is 9.95. The largest absolute Gasteiger partial charge is 0.349 e. The topological polar surface area (TPSA) is 57.8 Å². The third-order valence-electron chi connectivity index (χ3n) is 3.66. The number of nitrogens with one attached hydrogen (secondary N) is 2. The van der Waals surface area contributed by atoms with Gasteiger partial charge in [-0.3, -0.25) is 4.79 Å². The van der Waals surface area contributed by atoms with E-state index in [-0.39, 0.29) is 5.91 Å². The Balaban J connectivity index is 1.76. The molecule has 3 rings (SSSR count). The normalized spacial score (nSPS) is 16.7. The van der Waals surface area contributed by atoms with Crippen molar-refractivity contribution in [2.24, 2.45) is 0 Å². The molecule has 1 aromatic carbocycles. The second-order valence-corrected chi connectivity index (χ2v) is 5.43. The predicted molar refractivity (Wildman–Crippen MR) is 75.4 cm³/mol. The van der Waals surface area contributed by atoms with Crippen LogP contribution in [0.5, 0.6) is 0 Å². The van der Waals surface area contributed by atoms with Crippen LogP contribution in [0.2, 0.25) is 5.28 Å². The molecule has 0 spiro atoms. The second kappa shape index (κ2) is 5.21. The number of benzene rings is 1. The molecule has 1 saturated carbocycles. The first kappa shape index (κ1) is 12.5. The van der Waals surface area contributed by atoms with Gasteiger partial charge in [-0.05, 0) is 42.6 Å². The lowest BCUT2D eigenvalue weighted by Crippen LogP contribution is -2.36. The van der Waals surface area contributed by atoms with Crippen molar-refractivity contribution in [3.63, 3.8) is 0 Å². The minimum atomic E-state index is -0.0143. The molecule has 0 atom stereocenters. The molecule has 4 nitrogen and oxygen atoms in total. The summed E-state index contributed by atoms with van der Waals surface area (Å²) in [6.07, 6.45) is 5.87. The molecular weight excluding hydrogens is 262 g/mol. The van der Waals surface area contributed by atoms with Gasteiger partial charge >= 0.3 is 0 Å². The first-order valence-electron chi connectivity index (χ1n) is 6.68. The van der Waals surface area contributed by atoms with Gasteiger partial charge in [-0.1, -0.05) is 19.3 Å². The van der Waals surface area contributed by atoms with Crippen molar-refractivity contribution >= 4 is 28.5 Å². The summed E-state index contributed by atoms with van der Waals surface area (Å²) in [5.74, 6) is -0.0143. The molecule has 1 fully saturated rings. The van der Waals surface area contributed by atoms with Gasteiger partial charge in [-0.2, -0.15) is 0 Å². The van der Waals surface area contributed by atoms with Crippen molar-refractivity contribution in [1.82, 2.24) is 15.3 Å². The molecule has 100 valence electrons. The summed E-state index contributed by atoms with van der Waals surface area (Å²) in [7, 11) is 0. The number of aromatic nitrogens is 2. The van der Waals surface area contributed by atoms with Crippen LogP contribution in [0.3, 0.4) is 0 Å². The van der Waals surface area contributed by atoms with E-state index in [1.807, 2.05) is 6.07 Å². The van der Waals surface area contributed by atoms with E-state index in [1.54, 1.807) is 12.1 Å². The Morgan fingerprint density at radius 3 is 2.89 bits per heavy atom. The molecule has 19 heavy (non-hydrogen) atoms. The van der Waals surface area contributed by atoms with Crippen molar-refractivity contribution in [3.05, 3.63) is 29.0 Å². The van der Waals surface area contributed by atoms with Crippen LogP contribution in [-0.4, -0.2) is 21.9 Å². The Labute approximate surface area is 116 Å². The van der Waals surface area contributed by atoms with Crippen molar-refractivity contribution in [1.29, 1.82) is 0 Å². The minimum absolute atomic E-state index is 0.0143. The molecule has 5 heteroatoms. The zero-order valence-electron chi connectivity index (χ0n) is 10.6. The van der Waals surface area contributed by atoms with Crippen molar-refractivity contribution < 1.29 is 4.79 Å². The van der Waals surface area contributed by atoms with Crippen LogP contribution in [0.15, 0.2) is 18.2 Å². The van der Waals surface area contributed by atoms with Crippen LogP contribution in [0.1, 0.15) is 42.5 Å². The number of aromatic amines is 1. The highest BCUT2D eigenvalue weighted by Crippen LogP contribution is 2.19. The molecule has 0 radical (unpaired) electrons. The molecule has 1 aromatic heterocycles. The van der Waals surface area contributed by atoms with E-state index in [0.29, 0.717) is 16.9 Å². The highest BCUT2D eigenvalue weighted by molar-refractivity contribution is 6.29. The number of imidazole rings is 1. The lowest BCUT2D eigenvalue weighted by molar-refractivity contribution is 0.0928. The number of nitrogens with zero attached hydrogens (tertiary/aromatic N) is 1. The fourth-order valence-corrected chi connectivity index (χ4v) is 2.83. The maximum absolute atomic E-state index is 12.2. The van der Waals surface area contributed by atoms with Crippen molar-refractivity contribution in [3.8, 4) is 0 Å². The zero-order valence-corrected chi connectivity index (χ0v) is 11.3. The van der Waals surface area contributed by atoms with Gasteiger partial charge < -0.3 is 10.3 Å². The highest BCUT2D eigenvalue weighted by Gasteiger charge is 2.17. The maximum atomic E-state index is 12.2. The van der Waals surface area contributed by atoms with Crippen LogP contribution < -0.4 is 5.32 Å². The summed E-state index contributed by atoms with van der Waals surface area (Å²) < 4.78 is 0. The van der Waals surface area contributed by atoms with E-state index in [0.717, 1.165) is 23.9 Å². The number of hydrogen-bond acceptors (Lipinski definition) is 2. The van der Waals surface area contributed by atoms with Gasteiger partial charge in [0, 0.05) is 11.6 Å². The lowest BCUT2D eigenvalue weighted by Gasteiger charge is -2.22. The number of hydrogen-bond donors (Lipinski definition) is 2. The summed E-state index contributed by atoms with van der Waals surface area (Å²) >= 11 is 5.80. The van der Waals surface area contributed by atoms with Crippen LogP contribution in [-0.2, 0) is 0 Å². The second-order valence-electron chi connectivity index (χ2n) is 5.07. The van der Waals surface area contributed by atoms with Gasteiger partial charge in [-0.15, -0.1) is 0 Å². The number of halogens is 1. The monoisotopic (exact) mass is 277 g/mol. The van der Waals surface area contributed by atoms with Crippen LogP contribution in [0, 0.1) is 0 Å². The van der Waals surface area contributed by atoms with Gasteiger partial charge in [0.25, 0.3) is 5.91 Å². The zero-order chi connectivity index (χ0) is 13.2. The van der Waals surface area contributed by atoms with Crippen LogP contribution in [0.4, 0.5) is 0 Å². The van der Waals surface area contributed by atoms with Crippen molar-refractivity contribution in [2.75, 3.05) is 0 Å². The molecular formula is C14H16ClN3O. The van der Waals surface area contributed by atoms with E-state index in [1.165, 1.54) is 19.3 Å². The molecule has 0 saturated heterocycles. The van der Waals surface area contributed by atoms with Crippen molar-refractivity contribution in [2.45, 2.75) is 38.1 Å². The molecule has 0 aliphatic heterocycles. The number of carbonyl (C=O) groups excluding carboxylic acids is 1. The Kier molecular flexibility index (Phi) is 3.42. The average molecular weight is 278 g/mol. The number of carbonyl (C=O) groups is 1. The number of fused-ring (bicyclic) bond motifs is 1. The summed E-state index contributed by atoms with van der Waals surface area (Å²) in [6.45, 7) is 0. The Bertz CT molecular complexity index is 602. The molecule has 0 unspecified atom stereocenters. The van der Waals surface area contributed by atoms with Crippen LogP contribution >= 0.6 is 11.6 Å². The van der Waals surface area contributed by atoms with E-state index >= 15 is 0 Å². The number of amides is 1. The van der Waals surface area contributed by atoms with Gasteiger partial charge in [-0.25, -0.2) is 4.98 Å². The van der Waals surface area contributed by atoms with Gasteiger partial charge in [0.05, 0.1) is 11.0 Å². The highest BCUT2D eigenvalue weighted by atomic mass is 35.5. The quantitative estimate of drug-likeness (QED) is 0.885. The van der Waals surface area contributed by atoms with E-state index in [2.05, 4.69) is 15.3 Å². The summed E-state index contributed by atoms with van der Waals surface area (Å²) in [5, 5.41) is 3.45. The van der Waals surface area contributed by atoms with Crippen LogP contribution in [0.25, 0.3) is 11.0 Å². The molecule has 1 aliphatic carbocycles. The Morgan fingerprint density at radius 1 is 1.32 bits per heavy atom. The number of rotatable bonds is 2. The first-order chi connectivity index (χ1) is 9.22. The first-order valence-corrected chi connectivity index (χ1v) is 7.06. The summed E-state index contributed by atoms with van der Waals surface area (Å²) in [6, 6.07) is 5.72. The summed E-state index contributed by atoms with van der Waals surface area (Å²) in [4.78, 5) is 19.2. The van der Waals surface area contributed by atoms with Gasteiger partial charge in [0.15, 0.2) is 0 Å². The van der Waals surface area contributed by atoms with E-state index in [4.69, 9.17) is 11.6 Å². The molecule has 0 bridgehead atoms.